The van der Waals surface area contributed by atoms with Gasteiger partial charge in [-0.3, -0.25) is 0 Å². The first kappa shape index (κ1) is 14.7. The number of nitrogens with zero attached hydrogens (tertiary/aromatic N) is 5. The largest absolute Gasteiger partial charge is 0.362 e. The van der Waals surface area contributed by atoms with E-state index in [9.17, 15) is 10.1 Å². The maximum atomic E-state index is 11.5. The van der Waals surface area contributed by atoms with Gasteiger partial charge < -0.3 is 14.7 Å². The van der Waals surface area contributed by atoms with E-state index < -0.39 is 4.92 Å². The van der Waals surface area contributed by atoms with Crippen LogP contribution in [0.15, 0.2) is 58.8 Å². The van der Waals surface area contributed by atoms with Gasteiger partial charge in [0.1, 0.15) is 0 Å². The molecule has 0 bridgehead atoms. The summed E-state index contributed by atoms with van der Waals surface area (Å²) in [5, 5.41) is 12.6. The van der Waals surface area contributed by atoms with E-state index >= 15 is 0 Å². The molecule has 0 aliphatic carbocycles. The van der Waals surface area contributed by atoms with Crippen LogP contribution < -0.4 is 0 Å². The number of hydrogen-bond donors (Lipinski definition) is 0. The molecule has 0 unspecified atom stereocenters. The molecule has 120 valence electrons. The summed E-state index contributed by atoms with van der Waals surface area (Å²) in [6.45, 7) is 2.75. The molecule has 0 radical (unpaired) electrons. The monoisotopic (exact) mass is 339 g/mol. The average molecular weight is 339 g/mol. The van der Waals surface area contributed by atoms with E-state index in [0.717, 1.165) is 17.6 Å². The average Bonchev–Trinajstić information content (AvgIpc) is 3.11. The molecule has 0 atom stereocenters. The number of fused-ring (bicyclic) bond motifs is 2. The summed E-state index contributed by atoms with van der Waals surface area (Å²) < 4.78 is 3.52. The lowest BCUT2D eigenvalue weighted by molar-refractivity contribution is -0.393. The standard InChI is InChI=1S/C16H13N5O2S/c1-2-19-12-8-4-3-7-11(12)17-16(19)24-14-15(21(22)23)20-10-6-5-9-13(20)18-14/h3-10H,2H2,1H3. The topological polar surface area (TPSA) is 78.3 Å². The lowest BCUT2D eigenvalue weighted by Gasteiger charge is -2.03. The van der Waals surface area contributed by atoms with Crippen molar-refractivity contribution in [3.8, 4) is 0 Å². The molecule has 0 amide bonds. The Balaban J connectivity index is 1.88. The van der Waals surface area contributed by atoms with Gasteiger partial charge in [0.05, 0.1) is 17.2 Å². The zero-order chi connectivity index (χ0) is 16.7. The number of aryl methyl sites for hydroxylation is 1. The van der Waals surface area contributed by atoms with E-state index in [1.165, 1.54) is 16.2 Å². The molecular weight excluding hydrogens is 326 g/mol. The van der Waals surface area contributed by atoms with Gasteiger partial charge in [0.25, 0.3) is 0 Å². The van der Waals surface area contributed by atoms with Gasteiger partial charge in [0.2, 0.25) is 10.7 Å². The second-order valence-corrected chi connectivity index (χ2v) is 6.11. The minimum atomic E-state index is -0.402. The molecule has 0 spiro atoms. The van der Waals surface area contributed by atoms with Gasteiger partial charge in [-0.2, -0.15) is 9.38 Å². The van der Waals surface area contributed by atoms with Crippen molar-refractivity contribution < 1.29 is 4.92 Å². The third-order valence-electron chi connectivity index (χ3n) is 3.77. The Hall–Kier alpha value is -2.87. The number of hydrogen-bond acceptors (Lipinski definition) is 5. The number of aromatic nitrogens is 4. The predicted molar refractivity (Wildman–Crippen MR) is 91.4 cm³/mol. The summed E-state index contributed by atoms with van der Waals surface area (Å²) >= 11 is 1.22. The lowest BCUT2D eigenvalue weighted by Crippen LogP contribution is -1.98. The number of pyridine rings is 1. The Morgan fingerprint density at radius 3 is 2.75 bits per heavy atom. The molecule has 0 saturated carbocycles. The number of para-hydroxylation sites is 2. The van der Waals surface area contributed by atoms with Gasteiger partial charge in [-0.05, 0) is 41.8 Å². The fourth-order valence-corrected chi connectivity index (χ4v) is 3.78. The zero-order valence-electron chi connectivity index (χ0n) is 12.8. The molecule has 0 N–H and O–H groups in total. The molecule has 8 heteroatoms. The van der Waals surface area contributed by atoms with E-state index in [1.54, 1.807) is 18.3 Å². The van der Waals surface area contributed by atoms with Crippen molar-refractivity contribution in [1.82, 2.24) is 18.9 Å². The highest BCUT2D eigenvalue weighted by Gasteiger charge is 2.25. The maximum absolute atomic E-state index is 11.5. The van der Waals surface area contributed by atoms with Crippen molar-refractivity contribution in [3.63, 3.8) is 0 Å². The van der Waals surface area contributed by atoms with E-state index in [0.29, 0.717) is 15.8 Å². The summed E-state index contributed by atoms with van der Waals surface area (Å²) in [6, 6.07) is 13.1. The molecule has 3 aromatic heterocycles. The molecule has 0 saturated heterocycles. The van der Waals surface area contributed by atoms with Gasteiger partial charge in [-0.1, -0.05) is 18.2 Å². The molecular formula is C16H13N5O2S. The van der Waals surface area contributed by atoms with Crippen LogP contribution in [-0.2, 0) is 6.54 Å². The summed E-state index contributed by atoms with van der Waals surface area (Å²) in [5.74, 6) is -0.0368. The van der Waals surface area contributed by atoms with Crippen LogP contribution in [0, 0.1) is 10.1 Å². The highest BCUT2D eigenvalue weighted by atomic mass is 32.2. The first-order valence-electron chi connectivity index (χ1n) is 7.43. The third-order valence-corrected chi connectivity index (χ3v) is 4.73. The second kappa shape index (κ2) is 5.64. The second-order valence-electron chi connectivity index (χ2n) is 5.16. The van der Waals surface area contributed by atoms with E-state index in [2.05, 4.69) is 9.97 Å². The number of rotatable bonds is 4. The third kappa shape index (κ3) is 2.23. The smallest absolute Gasteiger partial charge is 0.358 e. The summed E-state index contributed by atoms with van der Waals surface area (Å²) in [5.41, 5.74) is 2.42. The minimum absolute atomic E-state index is 0.0368. The van der Waals surface area contributed by atoms with Crippen molar-refractivity contribution in [2.45, 2.75) is 23.7 Å². The Bertz CT molecular complexity index is 1070. The first-order valence-corrected chi connectivity index (χ1v) is 8.25. The predicted octanol–water partition coefficient (Wildman–Crippen LogP) is 3.76. The van der Waals surface area contributed by atoms with Gasteiger partial charge in [0.15, 0.2) is 5.16 Å². The molecule has 0 fully saturated rings. The van der Waals surface area contributed by atoms with Crippen LogP contribution in [0.1, 0.15) is 6.92 Å². The molecule has 1 aromatic carbocycles. The van der Waals surface area contributed by atoms with Gasteiger partial charge in [-0.15, -0.1) is 0 Å². The summed E-state index contributed by atoms with van der Waals surface area (Å²) in [7, 11) is 0. The van der Waals surface area contributed by atoms with Gasteiger partial charge >= 0.3 is 5.82 Å². The summed E-state index contributed by atoms with van der Waals surface area (Å²) in [4.78, 5) is 20.1. The fraction of sp³-hybridized carbons (Fsp3) is 0.125. The van der Waals surface area contributed by atoms with Crippen LogP contribution in [0.5, 0.6) is 0 Å². The van der Waals surface area contributed by atoms with Crippen molar-refractivity contribution in [2.24, 2.45) is 0 Å². The number of benzene rings is 1. The molecule has 24 heavy (non-hydrogen) atoms. The molecule has 7 nitrogen and oxygen atoms in total. The normalized spacial score (nSPS) is 11.4. The maximum Gasteiger partial charge on any atom is 0.362 e. The molecule has 0 aliphatic heterocycles. The quantitative estimate of drug-likeness (QED) is 0.418. The summed E-state index contributed by atoms with van der Waals surface area (Å²) in [6.07, 6.45) is 1.65. The van der Waals surface area contributed by atoms with Crippen molar-refractivity contribution >= 4 is 34.3 Å². The SMILES string of the molecule is CCn1c(Sc2nc3ccccn3c2[N+](=O)[O-])nc2ccccc21. The highest BCUT2D eigenvalue weighted by molar-refractivity contribution is 7.99. The molecule has 4 rings (SSSR count). The van der Waals surface area contributed by atoms with E-state index in [1.807, 2.05) is 41.8 Å². The van der Waals surface area contributed by atoms with E-state index in [4.69, 9.17) is 0 Å². The Morgan fingerprint density at radius 2 is 1.96 bits per heavy atom. The highest BCUT2D eigenvalue weighted by Crippen LogP contribution is 2.35. The molecule has 0 aliphatic rings. The Morgan fingerprint density at radius 1 is 1.17 bits per heavy atom. The van der Waals surface area contributed by atoms with E-state index in [-0.39, 0.29) is 5.82 Å². The van der Waals surface area contributed by atoms with Crippen LogP contribution in [0.3, 0.4) is 0 Å². The van der Waals surface area contributed by atoms with Crippen LogP contribution in [-0.4, -0.2) is 23.9 Å². The van der Waals surface area contributed by atoms with Gasteiger partial charge in [-0.25, -0.2) is 4.98 Å². The Kier molecular flexibility index (Phi) is 3.46. The fourth-order valence-electron chi connectivity index (χ4n) is 2.72. The molecule has 4 aromatic rings. The zero-order valence-corrected chi connectivity index (χ0v) is 13.6. The number of imidazole rings is 2. The van der Waals surface area contributed by atoms with Crippen LogP contribution in [0.4, 0.5) is 5.82 Å². The molecule has 3 heterocycles. The lowest BCUT2D eigenvalue weighted by atomic mass is 10.3. The van der Waals surface area contributed by atoms with Crippen LogP contribution >= 0.6 is 11.8 Å². The first-order chi connectivity index (χ1) is 11.7. The van der Waals surface area contributed by atoms with Crippen LogP contribution in [0.2, 0.25) is 0 Å². The number of nitro groups is 1. The van der Waals surface area contributed by atoms with Crippen molar-refractivity contribution in [1.29, 1.82) is 0 Å². The Labute approximate surface area is 141 Å². The van der Waals surface area contributed by atoms with Crippen LogP contribution in [0.25, 0.3) is 16.7 Å². The van der Waals surface area contributed by atoms with Crippen molar-refractivity contribution in [2.75, 3.05) is 0 Å². The van der Waals surface area contributed by atoms with Crippen molar-refractivity contribution in [3.05, 3.63) is 58.8 Å². The minimum Gasteiger partial charge on any atom is -0.358 e. The van der Waals surface area contributed by atoms with Gasteiger partial charge in [0, 0.05) is 12.6 Å².